The summed E-state index contributed by atoms with van der Waals surface area (Å²) in [6.07, 6.45) is 4.89. The smallest absolute Gasteiger partial charge is 0.0323 e. The van der Waals surface area contributed by atoms with Crippen molar-refractivity contribution in [2.75, 3.05) is 0 Å². The maximum Gasteiger partial charge on any atom is -0.0323 e. The molecule has 7 fully saturated rings. The average Bonchev–Trinajstić information content (AvgIpc) is 2.26. The largest absolute Gasteiger partial charge is 0.0619 e. The highest BCUT2D eigenvalue weighted by Gasteiger charge is 2.69. The minimum Gasteiger partial charge on any atom is -0.0619 e. The van der Waals surface area contributed by atoms with E-state index in [0.29, 0.717) is 0 Å². The van der Waals surface area contributed by atoms with Crippen LogP contribution in [0, 0.1) is 65.1 Å². The summed E-state index contributed by atoms with van der Waals surface area (Å²) in [5.41, 5.74) is 0. The Morgan fingerprint density at radius 3 is 1.24 bits per heavy atom. The van der Waals surface area contributed by atoms with Crippen LogP contribution in [-0.2, 0) is 0 Å². The zero-order chi connectivity index (χ0) is 11.5. The van der Waals surface area contributed by atoms with Crippen LogP contribution in [0.4, 0.5) is 0 Å². The van der Waals surface area contributed by atoms with Gasteiger partial charge in [0.1, 0.15) is 0 Å². The fourth-order valence-corrected chi connectivity index (χ4v) is 8.65. The third-order valence-electron chi connectivity index (χ3n) is 8.43. The van der Waals surface area contributed by atoms with Gasteiger partial charge in [-0.15, -0.1) is 0 Å². The molecular weight excluding hydrogens is 204 g/mol. The lowest BCUT2D eigenvalue weighted by atomic mass is 9.30. The normalized spacial score (nSPS) is 74.6. The molecule has 0 aromatic carbocycles. The summed E-state index contributed by atoms with van der Waals surface area (Å²) in [6.45, 7) is 7.87. The Morgan fingerprint density at radius 1 is 0.529 bits per heavy atom. The van der Waals surface area contributed by atoms with Crippen LogP contribution in [0.5, 0.6) is 0 Å². The van der Waals surface area contributed by atoms with Gasteiger partial charge in [-0.05, 0) is 84.4 Å². The maximum atomic E-state index is 2.62. The van der Waals surface area contributed by atoms with Crippen molar-refractivity contribution in [3.8, 4) is 0 Å². The molecule has 7 atom stereocenters. The third kappa shape index (κ3) is 0.871. The summed E-state index contributed by atoms with van der Waals surface area (Å²) in [5.74, 6) is 12.4. The van der Waals surface area contributed by atoms with Gasteiger partial charge in [0.2, 0.25) is 0 Å². The molecule has 0 spiro atoms. The van der Waals surface area contributed by atoms with E-state index in [2.05, 4.69) is 20.8 Å². The van der Waals surface area contributed by atoms with Crippen molar-refractivity contribution in [1.29, 1.82) is 0 Å². The van der Waals surface area contributed by atoms with Crippen molar-refractivity contribution in [1.82, 2.24) is 0 Å². The van der Waals surface area contributed by atoms with Crippen molar-refractivity contribution < 1.29 is 0 Å². The first-order valence-corrected chi connectivity index (χ1v) is 8.18. The standard InChI is InChI=1S/C17H26/c1-7-14-8(2)16-11-4-10-5-12(15(7)11)17(9(14)3)13(16)6-10/h7-17H,4-6H2,1-3H3/t7-,8-,9+,10?,11?,12?,13?,14?,15?,16?,17?/m1/s1. The number of hydrogen-bond donors (Lipinski definition) is 0. The van der Waals surface area contributed by atoms with Crippen LogP contribution >= 0.6 is 0 Å². The predicted molar refractivity (Wildman–Crippen MR) is 69.3 cm³/mol. The van der Waals surface area contributed by atoms with Gasteiger partial charge in [-0.2, -0.15) is 0 Å². The minimum atomic E-state index is 1.06. The van der Waals surface area contributed by atoms with Gasteiger partial charge in [0.25, 0.3) is 0 Å². The van der Waals surface area contributed by atoms with E-state index in [4.69, 9.17) is 0 Å². The molecule has 0 saturated heterocycles. The van der Waals surface area contributed by atoms with Crippen LogP contribution < -0.4 is 0 Å². The van der Waals surface area contributed by atoms with Gasteiger partial charge in [0.05, 0.1) is 0 Å². The van der Waals surface area contributed by atoms with Gasteiger partial charge in [0.15, 0.2) is 0 Å². The summed E-state index contributed by atoms with van der Waals surface area (Å²) in [6, 6.07) is 0. The predicted octanol–water partition coefficient (Wildman–Crippen LogP) is 4.06. The van der Waals surface area contributed by atoms with Gasteiger partial charge in [-0.25, -0.2) is 0 Å². The molecule has 7 rings (SSSR count). The van der Waals surface area contributed by atoms with Gasteiger partial charge in [0, 0.05) is 0 Å². The second kappa shape index (κ2) is 2.78. The molecule has 7 saturated carbocycles. The van der Waals surface area contributed by atoms with Crippen LogP contribution in [0.25, 0.3) is 0 Å². The summed E-state index contributed by atoms with van der Waals surface area (Å²) < 4.78 is 0. The summed E-state index contributed by atoms with van der Waals surface area (Å²) in [7, 11) is 0. The zero-order valence-corrected chi connectivity index (χ0v) is 11.5. The van der Waals surface area contributed by atoms with Crippen molar-refractivity contribution in [3.63, 3.8) is 0 Å². The van der Waals surface area contributed by atoms with Crippen molar-refractivity contribution >= 4 is 0 Å². The maximum absolute atomic E-state index is 2.62. The Morgan fingerprint density at radius 2 is 0.882 bits per heavy atom. The van der Waals surface area contributed by atoms with Gasteiger partial charge >= 0.3 is 0 Å². The van der Waals surface area contributed by atoms with Crippen molar-refractivity contribution in [2.45, 2.75) is 40.0 Å². The fourth-order valence-electron chi connectivity index (χ4n) is 8.65. The van der Waals surface area contributed by atoms with E-state index in [-0.39, 0.29) is 0 Å². The molecule has 0 radical (unpaired) electrons. The molecule has 7 aliphatic rings. The Hall–Kier alpha value is 0. The lowest BCUT2D eigenvalue weighted by Crippen LogP contribution is -2.70. The monoisotopic (exact) mass is 230 g/mol. The molecule has 0 heteroatoms. The third-order valence-corrected chi connectivity index (χ3v) is 8.43. The highest BCUT2D eigenvalue weighted by Crippen LogP contribution is 2.75. The molecule has 0 nitrogen and oxygen atoms in total. The van der Waals surface area contributed by atoms with E-state index in [1.807, 2.05) is 0 Å². The molecule has 4 unspecified atom stereocenters. The average molecular weight is 230 g/mol. The van der Waals surface area contributed by atoms with E-state index < -0.39 is 0 Å². The summed E-state index contributed by atoms with van der Waals surface area (Å²) in [4.78, 5) is 0. The number of rotatable bonds is 0. The van der Waals surface area contributed by atoms with Gasteiger partial charge in [-0.1, -0.05) is 20.8 Å². The molecule has 0 amide bonds. The fraction of sp³-hybridized carbons (Fsp3) is 1.00. The highest BCUT2D eigenvalue weighted by atomic mass is 14.7. The topological polar surface area (TPSA) is 0 Å². The molecule has 7 aliphatic carbocycles. The Balaban J connectivity index is 1.71. The van der Waals surface area contributed by atoms with Crippen LogP contribution in [0.3, 0.4) is 0 Å². The summed E-state index contributed by atoms with van der Waals surface area (Å²) >= 11 is 0. The van der Waals surface area contributed by atoms with Crippen LogP contribution in [0.1, 0.15) is 40.0 Å². The van der Waals surface area contributed by atoms with E-state index in [1.54, 1.807) is 19.3 Å². The molecule has 0 N–H and O–H groups in total. The lowest BCUT2D eigenvalue weighted by Gasteiger charge is -2.75. The first kappa shape index (κ1) is 9.87. The highest BCUT2D eigenvalue weighted by molar-refractivity contribution is 5.17. The Kier molecular flexibility index (Phi) is 1.61. The van der Waals surface area contributed by atoms with E-state index in [0.717, 1.165) is 47.3 Å². The van der Waals surface area contributed by atoms with Crippen LogP contribution in [0.15, 0.2) is 0 Å². The first-order chi connectivity index (χ1) is 8.18. The SMILES string of the molecule is C[C@@H]1C2C3CC4CC2C2C(C4)C3[C@H](C)C1[C@H]2C. The summed E-state index contributed by atoms with van der Waals surface area (Å²) in [5, 5.41) is 0. The number of hydrogen-bond acceptors (Lipinski definition) is 0. The molecule has 0 aromatic rings. The first-order valence-electron chi connectivity index (χ1n) is 8.18. The van der Waals surface area contributed by atoms with Crippen molar-refractivity contribution in [3.05, 3.63) is 0 Å². The molecule has 0 aromatic heterocycles. The van der Waals surface area contributed by atoms with Gasteiger partial charge < -0.3 is 0 Å². The second-order valence-corrected chi connectivity index (χ2v) is 8.45. The van der Waals surface area contributed by atoms with E-state index in [9.17, 15) is 0 Å². The van der Waals surface area contributed by atoms with Gasteiger partial charge in [-0.3, -0.25) is 0 Å². The zero-order valence-electron chi connectivity index (χ0n) is 11.5. The molecule has 94 valence electrons. The molecule has 0 aliphatic heterocycles. The molecule has 8 bridgehead atoms. The quantitative estimate of drug-likeness (QED) is 0.588. The molecule has 17 heavy (non-hydrogen) atoms. The second-order valence-electron chi connectivity index (χ2n) is 8.45. The minimum absolute atomic E-state index is 1.06. The van der Waals surface area contributed by atoms with E-state index >= 15 is 0 Å². The van der Waals surface area contributed by atoms with Crippen molar-refractivity contribution in [2.24, 2.45) is 65.1 Å². The molecular formula is C17H26. The Labute approximate surface area is 106 Å². The van der Waals surface area contributed by atoms with Crippen LogP contribution in [0.2, 0.25) is 0 Å². The Bertz CT molecular complexity index is 303. The van der Waals surface area contributed by atoms with Crippen LogP contribution in [-0.4, -0.2) is 0 Å². The van der Waals surface area contributed by atoms with E-state index in [1.165, 1.54) is 17.8 Å². The lowest BCUT2D eigenvalue weighted by molar-refractivity contribution is -0.272. The molecule has 0 heterocycles.